The topological polar surface area (TPSA) is 59.5 Å². The van der Waals surface area contributed by atoms with Gasteiger partial charge in [0, 0.05) is 31.6 Å². The molecule has 0 bridgehead atoms. The van der Waals surface area contributed by atoms with Crippen molar-refractivity contribution in [3.8, 4) is 0 Å². The second kappa shape index (κ2) is 10.4. The number of aryl methyl sites for hydroxylation is 1. The monoisotopic (exact) mass is 378 g/mol. The third-order valence-corrected chi connectivity index (χ3v) is 4.93. The normalized spacial score (nSPS) is 14.9. The van der Waals surface area contributed by atoms with Gasteiger partial charge in [0.25, 0.3) is 0 Å². The molecule has 1 amide bonds. The predicted molar refractivity (Wildman–Crippen MR) is 108 cm³/mol. The zero-order valence-electron chi connectivity index (χ0n) is 16.0. The van der Waals surface area contributed by atoms with Gasteiger partial charge in [-0.3, -0.25) is 14.6 Å². The molecule has 3 rings (SSSR count). The highest BCUT2D eigenvalue weighted by atomic mass is 16.5. The molecule has 0 spiro atoms. The number of carbonyl (C=O) groups excluding carboxylic acids is 2. The molecule has 0 N–H and O–H groups in total. The second-order valence-electron chi connectivity index (χ2n) is 6.98. The number of nitrogens with zero attached hydrogens (tertiary/aromatic N) is 2. The first-order valence-corrected chi connectivity index (χ1v) is 9.80. The minimum Gasteiger partial charge on any atom is -0.465 e. The highest BCUT2D eigenvalue weighted by Gasteiger charge is 2.27. The number of piperidine rings is 1. The number of rotatable bonds is 7. The first-order valence-electron chi connectivity index (χ1n) is 9.80. The summed E-state index contributed by atoms with van der Waals surface area (Å²) in [5.74, 6) is -0.259. The third kappa shape index (κ3) is 6.05. The van der Waals surface area contributed by atoms with Crippen molar-refractivity contribution in [3.05, 3.63) is 72.1 Å². The summed E-state index contributed by atoms with van der Waals surface area (Å²) in [5, 5.41) is 0. The lowest BCUT2D eigenvalue weighted by Gasteiger charge is -2.30. The summed E-state index contributed by atoms with van der Waals surface area (Å²) in [6.07, 6.45) is 9.97. The van der Waals surface area contributed by atoms with Crippen LogP contribution >= 0.6 is 0 Å². The molecule has 1 aromatic carbocycles. The van der Waals surface area contributed by atoms with Crippen LogP contribution in [0.15, 0.2) is 60.9 Å². The Morgan fingerprint density at radius 1 is 1.11 bits per heavy atom. The van der Waals surface area contributed by atoms with Crippen LogP contribution < -0.4 is 0 Å². The van der Waals surface area contributed by atoms with E-state index in [4.69, 9.17) is 4.74 Å². The van der Waals surface area contributed by atoms with E-state index in [1.807, 2.05) is 54.7 Å². The Labute approximate surface area is 166 Å². The number of benzene rings is 1. The lowest BCUT2D eigenvalue weighted by Crippen LogP contribution is -2.39. The number of carbonyl (C=O) groups is 2. The van der Waals surface area contributed by atoms with Gasteiger partial charge in [0.2, 0.25) is 5.91 Å². The molecule has 5 heteroatoms. The van der Waals surface area contributed by atoms with Gasteiger partial charge in [0.05, 0.1) is 12.5 Å². The molecule has 146 valence electrons. The molecule has 0 unspecified atom stereocenters. The molecule has 0 radical (unpaired) electrons. The van der Waals surface area contributed by atoms with Crippen LogP contribution in [0.5, 0.6) is 0 Å². The van der Waals surface area contributed by atoms with Crippen LogP contribution in [0.2, 0.25) is 0 Å². The Hall–Kier alpha value is -2.95. The first kappa shape index (κ1) is 19.8. The third-order valence-electron chi connectivity index (χ3n) is 4.93. The minimum atomic E-state index is -0.141. The van der Waals surface area contributed by atoms with Crippen molar-refractivity contribution in [2.75, 3.05) is 19.7 Å². The van der Waals surface area contributed by atoms with Crippen molar-refractivity contribution in [1.82, 2.24) is 9.88 Å². The largest absolute Gasteiger partial charge is 0.465 e. The average molecular weight is 378 g/mol. The van der Waals surface area contributed by atoms with Crippen molar-refractivity contribution in [1.29, 1.82) is 0 Å². The minimum absolute atomic E-state index is 0.00728. The fourth-order valence-electron chi connectivity index (χ4n) is 3.29. The summed E-state index contributed by atoms with van der Waals surface area (Å²) in [6.45, 7) is 1.60. The van der Waals surface area contributed by atoms with Crippen LogP contribution in [0, 0.1) is 5.92 Å². The van der Waals surface area contributed by atoms with E-state index in [0.717, 1.165) is 24.0 Å². The average Bonchev–Trinajstić information content (AvgIpc) is 2.76. The molecule has 2 aromatic rings. The van der Waals surface area contributed by atoms with Crippen molar-refractivity contribution in [2.24, 2.45) is 5.92 Å². The van der Waals surface area contributed by atoms with E-state index in [2.05, 4.69) is 4.98 Å². The number of amides is 1. The van der Waals surface area contributed by atoms with Gasteiger partial charge >= 0.3 is 5.97 Å². The standard InChI is InChI=1S/C23H26N2O3/c26-22(11-10-19-6-2-1-3-7-19)25-15-12-21(13-16-25)23(27)28-17-5-9-20-8-4-14-24-18-20/h1-4,6-8,10-11,14,18,21H,5,9,12-13,15-17H2/b11-10+. The molecule has 1 aromatic heterocycles. The fourth-order valence-corrected chi connectivity index (χ4v) is 3.29. The van der Waals surface area contributed by atoms with E-state index < -0.39 is 0 Å². The van der Waals surface area contributed by atoms with E-state index in [0.29, 0.717) is 32.5 Å². The second-order valence-corrected chi connectivity index (χ2v) is 6.98. The van der Waals surface area contributed by atoms with Gasteiger partial charge in [-0.25, -0.2) is 0 Å². The molecule has 2 heterocycles. The summed E-state index contributed by atoms with van der Waals surface area (Å²) >= 11 is 0. The fraction of sp³-hybridized carbons (Fsp3) is 0.348. The van der Waals surface area contributed by atoms with Gasteiger partial charge in [-0.2, -0.15) is 0 Å². The quantitative estimate of drug-likeness (QED) is 0.420. The predicted octanol–water partition coefficient (Wildman–Crippen LogP) is 3.51. The summed E-state index contributed by atoms with van der Waals surface area (Å²) in [7, 11) is 0. The number of ether oxygens (including phenoxy) is 1. The van der Waals surface area contributed by atoms with Crippen molar-refractivity contribution in [3.63, 3.8) is 0 Å². The first-order chi connectivity index (χ1) is 13.7. The summed E-state index contributed by atoms with van der Waals surface area (Å²) in [6, 6.07) is 13.7. The molecule has 0 atom stereocenters. The Kier molecular flexibility index (Phi) is 7.36. The van der Waals surface area contributed by atoms with Gasteiger partial charge < -0.3 is 9.64 Å². The van der Waals surface area contributed by atoms with E-state index >= 15 is 0 Å². The van der Waals surface area contributed by atoms with Crippen molar-refractivity contribution in [2.45, 2.75) is 25.7 Å². The number of pyridine rings is 1. The van der Waals surface area contributed by atoms with E-state index in [9.17, 15) is 9.59 Å². The summed E-state index contributed by atoms with van der Waals surface area (Å²) in [4.78, 5) is 30.4. The Morgan fingerprint density at radius 2 is 1.89 bits per heavy atom. The number of esters is 1. The molecule has 0 saturated carbocycles. The van der Waals surface area contributed by atoms with Crippen LogP contribution in [-0.2, 0) is 20.7 Å². The van der Waals surface area contributed by atoms with Crippen LogP contribution in [0.1, 0.15) is 30.4 Å². The molecule has 1 saturated heterocycles. The van der Waals surface area contributed by atoms with Crippen LogP contribution in [-0.4, -0.2) is 41.5 Å². The maximum Gasteiger partial charge on any atom is 0.309 e. The molecular formula is C23H26N2O3. The maximum atomic E-state index is 12.3. The van der Waals surface area contributed by atoms with E-state index in [1.165, 1.54) is 0 Å². The van der Waals surface area contributed by atoms with Crippen LogP contribution in [0.25, 0.3) is 6.08 Å². The molecular weight excluding hydrogens is 352 g/mol. The van der Waals surface area contributed by atoms with Gasteiger partial charge in [0.1, 0.15) is 0 Å². The van der Waals surface area contributed by atoms with Crippen molar-refractivity contribution < 1.29 is 14.3 Å². The van der Waals surface area contributed by atoms with Gasteiger partial charge in [-0.05, 0) is 49.0 Å². The number of aromatic nitrogens is 1. The van der Waals surface area contributed by atoms with Gasteiger partial charge in [-0.1, -0.05) is 36.4 Å². The molecule has 0 aliphatic carbocycles. The summed E-state index contributed by atoms with van der Waals surface area (Å²) < 4.78 is 5.43. The zero-order valence-corrected chi connectivity index (χ0v) is 16.0. The molecule has 1 aliphatic rings. The number of likely N-dealkylation sites (tertiary alicyclic amines) is 1. The molecule has 28 heavy (non-hydrogen) atoms. The molecule has 1 fully saturated rings. The summed E-state index contributed by atoms with van der Waals surface area (Å²) in [5.41, 5.74) is 2.15. The highest BCUT2D eigenvalue weighted by Crippen LogP contribution is 2.19. The molecule has 1 aliphatic heterocycles. The lowest BCUT2D eigenvalue weighted by molar-refractivity contribution is -0.151. The molecule has 5 nitrogen and oxygen atoms in total. The lowest BCUT2D eigenvalue weighted by atomic mass is 9.97. The van der Waals surface area contributed by atoms with E-state index in [1.54, 1.807) is 17.2 Å². The number of hydrogen-bond donors (Lipinski definition) is 0. The van der Waals surface area contributed by atoms with Crippen LogP contribution in [0.4, 0.5) is 0 Å². The highest BCUT2D eigenvalue weighted by molar-refractivity contribution is 5.92. The van der Waals surface area contributed by atoms with Crippen LogP contribution in [0.3, 0.4) is 0 Å². The van der Waals surface area contributed by atoms with Gasteiger partial charge in [0.15, 0.2) is 0 Å². The van der Waals surface area contributed by atoms with E-state index in [-0.39, 0.29) is 17.8 Å². The van der Waals surface area contributed by atoms with Crippen molar-refractivity contribution >= 4 is 18.0 Å². The van der Waals surface area contributed by atoms with Gasteiger partial charge in [-0.15, -0.1) is 0 Å². The SMILES string of the molecule is O=C(OCCCc1cccnc1)C1CCN(C(=O)/C=C/c2ccccc2)CC1. The zero-order chi connectivity index (χ0) is 19.6. The smallest absolute Gasteiger partial charge is 0.309 e. The Balaban J connectivity index is 1.35. The number of hydrogen-bond acceptors (Lipinski definition) is 4. The Bertz CT molecular complexity index is 782. The Morgan fingerprint density at radius 3 is 2.61 bits per heavy atom. The maximum absolute atomic E-state index is 12.3.